The number of para-hydroxylation sites is 1. The Morgan fingerprint density at radius 2 is 2.00 bits per heavy atom. The first-order valence-electron chi connectivity index (χ1n) is 3.76. The van der Waals surface area contributed by atoms with Gasteiger partial charge in [-0.2, -0.15) is 0 Å². The summed E-state index contributed by atoms with van der Waals surface area (Å²) >= 11 is 7.12. The monoisotopic (exact) mass is 290 g/mol. The van der Waals surface area contributed by atoms with Crippen LogP contribution in [0.3, 0.4) is 0 Å². The lowest BCUT2D eigenvalue weighted by atomic mass is 10.1. The molecule has 1 fully saturated rings. The van der Waals surface area contributed by atoms with Crippen LogP contribution < -0.4 is 0 Å². The average Bonchev–Trinajstić information content (AvgIpc) is 2.61. The van der Waals surface area contributed by atoms with E-state index in [0.29, 0.717) is 10.6 Å². The van der Waals surface area contributed by atoms with Crippen LogP contribution in [-0.2, 0) is 4.32 Å². The van der Waals surface area contributed by atoms with Gasteiger partial charge in [-0.1, -0.05) is 50.1 Å². The van der Waals surface area contributed by atoms with E-state index in [2.05, 4.69) is 31.9 Å². The molecule has 0 bridgehead atoms. The highest BCUT2D eigenvalue weighted by Gasteiger charge is 2.53. The number of alkyl halides is 2. The summed E-state index contributed by atoms with van der Waals surface area (Å²) in [5.41, 5.74) is 0.979. The highest BCUT2D eigenvalue weighted by Crippen LogP contribution is 2.59. The van der Waals surface area contributed by atoms with Crippen molar-refractivity contribution in [2.75, 3.05) is 0 Å². The minimum Gasteiger partial charge on any atom is -0.508 e. The summed E-state index contributed by atoms with van der Waals surface area (Å²) in [5.74, 6) is 0.372. The zero-order valence-corrected chi connectivity index (χ0v) is 9.47. The number of phenolic OH excluding ortho intramolecular Hbond substituents is 1. The topological polar surface area (TPSA) is 20.2 Å². The fourth-order valence-corrected chi connectivity index (χ4v) is 3.16. The molecule has 1 aliphatic rings. The van der Waals surface area contributed by atoms with Crippen LogP contribution in [0.4, 0.5) is 0 Å². The lowest BCUT2D eigenvalue weighted by Crippen LogP contribution is -1.99. The Morgan fingerprint density at radius 1 is 1.42 bits per heavy atom. The fraction of sp³-hybridized carbons (Fsp3) is 0.333. The van der Waals surface area contributed by atoms with Crippen molar-refractivity contribution in [3.05, 3.63) is 29.8 Å². The Hall–Kier alpha value is -0.0200. The molecule has 0 spiro atoms. The number of hydrogen-bond acceptors (Lipinski definition) is 1. The number of phenols is 1. The van der Waals surface area contributed by atoms with E-state index in [4.69, 9.17) is 0 Å². The Kier molecular flexibility index (Phi) is 1.96. The van der Waals surface area contributed by atoms with Crippen LogP contribution in [0.5, 0.6) is 5.75 Å². The Bertz CT molecular complexity index is 313. The summed E-state index contributed by atoms with van der Waals surface area (Å²) < 4.78 is -0.0294. The molecule has 0 aromatic heterocycles. The van der Waals surface area contributed by atoms with Crippen molar-refractivity contribution in [1.82, 2.24) is 0 Å². The van der Waals surface area contributed by atoms with Crippen LogP contribution in [0.15, 0.2) is 24.3 Å². The quantitative estimate of drug-likeness (QED) is 0.788. The standard InChI is InChI=1S/C9H8Br2O/c10-8-5-9(8,11)6-3-1-2-4-7(6)12/h1-4,8,12H,5H2. The van der Waals surface area contributed by atoms with E-state index in [-0.39, 0.29) is 4.32 Å². The van der Waals surface area contributed by atoms with Crippen molar-refractivity contribution in [3.63, 3.8) is 0 Å². The van der Waals surface area contributed by atoms with Gasteiger partial charge in [0.25, 0.3) is 0 Å². The normalized spacial score (nSPS) is 33.3. The Balaban J connectivity index is 2.41. The minimum atomic E-state index is -0.0294. The maximum absolute atomic E-state index is 9.55. The van der Waals surface area contributed by atoms with E-state index >= 15 is 0 Å². The molecule has 2 atom stereocenters. The minimum absolute atomic E-state index is 0.0294. The maximum atomic E-state index is 9.55. The highest BCUT2D eigenvalue weighted by molar-refractivity contribution is 9.13. The van der Waals surface area contributed by atoms with Gasteiger partial charge in [0.05, 0.1) is 4.32 Å². The van der Waals surface area contributed by atoms with Crippen molar-refractivity contribution in [3.8, 4) is 5.75 Å². The number of hydrogen-bond donors (Lipinski definition) is 1. The molecule has 0 aliphatic heterocycles. The smallest absolute Gasteiger partial charge is 0.120 e. The number of aromatic hydroxyl groups is 1. The predicted octanol–water partition coefficient (Wildman–Crippen LogP) is 3.15. The van der Waals surface area contributed by atoms with Gasteiger partial charge in [0, 0.05) is 10.4 Å². The highest BCUT2D eigenvalue weighted by atomic mass is 79.9. The van der Waals surface area contributed by atoms with Gasteiger partial charge in [-0.05, 0) is 12.5 Å². The van der Waals surface area contributed by atoms with E-state index in [1.807, 2.05) is 18.2 Å². The second-order valence-electron chi connectivity index (χ2n) is 3.05. The van der Waals surface area contributed by atoms with Gasteiger partial charge in [-0.15, -0.1) is 0 Å². The van der Waals surface area contributed by atoms with Crippen LogP contribution in [0.1, 0.15) is 12.0 Å². The molecule has 2 rings (SSSR count). The SMILES string of the molecule is Oc1ccccc1C1(Br)CC1Br. The molecule has 1 N–H and O–H groups in total. The van der Waals surface area contributed by atoms with Gasteiger partial charge >= 0.3 is 0 Å². The van der Waals surface area contributed by atoms with E-state index < -0.39 is 0 Å². The number of halogens is 2. The molecular weight excluding hydrogens is 284 g/mol. The average molecular weight is 292 g/mol. The predicted molar refractivity (Wildman–Crippen MR) is 56.0 cm³/mol. The second-order valence-corrected chi connectivity index (χ2v) is 5.57. The third kappa shape index (κ3) is 1.19. The molecule has 0 amide bonds. The van der Waals surface area contributed by atoms with Crippen molar-refractivity contribution in [2.45, 2.75) is 15.6 Å². The van der Waals surface area contributed by atoms with Crippen LogP contribution in [0.2, 0.25) is 0 Å². The third-order valence-corrected chi connectivity index (χ3v) is 5.19. The van der Waals surface area contributed by atoms with Crippen molar-refractivity contribution < 1.29 is 5.11 Å². The van der Waals surface area contributed by atoms with Crippen LogP contribution in [0.25, 0.3) is 0 Å². The Morgan fingerprint density at radius 3 is 2.50 bits per heavy atom. The van der Waals surface area contributed by atoms with Gasteiger partial charge in [-0.25, -0.2) is 0 Å². The molecule has 1 aromatic carbocycles. The first-order chi connectivity index (χ1) is 5.64. The van der Waals surface area contributed by atoms with Crippen LogP contribution in [0, 0.1) is 0 Å². The van der Waals surface area contributed by atoms with E-state index in [1.165, 1.54) is 0 Å². The first-order valence-corrected chi connectivity index (χ1v) is 5.47. The molecule has 0 radical (unpaired) electrons. The van der Waals surface area contributed by atoms with Crippen LogP contribution in [-0.4, -0.2) is 9.93 Å². The summed E-state index contributed by atoms with van der Waals surface area (Å²) in [7, 11) is 0. The van der Waals surface area contributed by atoms with Gasteiger partial charge in [0.15, 0.2) is 0 Å². The molecule has 1 saturated carbocycles. The maximum Gasteiger partial charge on any atom is 0.120 e. The zero-order valence-electron chi connectivity index (χ0n) is 6.30. The van der Waals surface area contributed by atoms with Gasteiger partial charge in [0.1, 0.15) is 5.75 Å². The van der Waals surface area contributed by atoms with Crippen LogP contribution >= 0.6 is 31.9 Å². The van der Waals surface area contributed by atoms with E-state index in [0.717, 1.165) is 12.0 Å². The molecule has 12 heavy (non-hydrogen) atoms. The molecule has 1 nitrogen and oxygen atoms in total. The van der Waals surface area contributed by atoms with Gasteiger partial charge < -0.3 is 5.11 Å². The van der Waals surface area contributed by atoms with Gasteiger partial charge in [-0.3, -0.25) is 0 Å². The lowest BCUT2D eigenvalue weighted by Gasteiger charge is -2.09. The zero-order chi connectivity index (χ0) is 8.77. The summed E-state index contributed by atoms with van der Waals surface area (Å²) in [5, 5.41) is 9.55. The molecule has 3 heteroatoms. The Labute approximate surface area is 88.0 Å². The van der Waals surface area contributed by atoms with E-state index in [1.54, 1.807) is 6.07 Å². The van der Waals surface area contributed by atoms with Crippen molar-refractivity contribution >= 4 is 31.9 Å². The molecule has 1 aromatic rings. The first kappa shape index (κ1) is 8.57. The summed E-state index contributed by atoms with van der Waals surface area (Å²) in [6.45, 7) is 0. The number of benzene rings is 1. The van der Waals surface area contributed by atoms with Crippen molar-refractivity contribution in [1.29, 1.82) is 0 Å². The molecule has 64 valence electrons. The molecular formula is C9H8Br2O. The number of rotatable bonds is 1. The fourth-order valence-electron chi connectivity index (χ4n) is 1.31. The summed E-state index contributed by atoms with van der Waals surface area (Å²) in [6, 6.07) is 7.44. The molecule has 1 aliphatic carbocycles. The summed E-state index contributed by atoms with van der Waals surface area (Å²) in [4.78, 5) is 0.443. The molecule has 2 unspecified atom stereocenters. The lowest BCUT2D eigenvalue weighted by molar-refractivity contribution is 0.467. The second kappa shape index (κ2) is 2.74. The summed E-state index contributed by atoms with van der Waals surface area (Å²) in [6.07, 6.45) is 1.03. The van der Waals surface area contributed by atoms with Crippen molar-refractivity contribution in [2.24, 2.45) is 0 Å². The van der Waals surface area contributed by atoms with Gasteiger partial charge in [0.2, 0.25) is 0 Å². The molecule has 0 heterocycles. The largest absolute Gasteiger partial charge is 0.508 e. The molecule has 0 saturated heterocycles. The third-order valence-electron chi connectivity index (χ3n) is 2.16. The van der Waals surface area contributed by atoms with E-state index in [9.17, 15) is 5.11 Å².